The fraction of sp³-hybridized carbons (Fsp3) is 0.143. The van der Waals surface area contributed by atoms with Gasteiger partial charge in [0.15, 0.2) is 5.82 Å². The summed E-state index contributed by atoms with van der Waals surface area (Å²) in [6, 6.07) is 15.0. The molecule has 0 aliphatic heterocycles. The number of aromatic nitrogens is 4. The maximum atomic E-state index is 13.0. The number of benzene rings is 1. The van der Waals surface area contributed by atoms with Crippen molar-refractivity contribution in [2.75, 3.05) is 5.32 Å². The van der Waals surface area contributed by atoms with Crippen LogP contribution < -0.4 is 5.32 Å². The van der Waals surface area contributed by atoms with Gasteiger partial charge in [0.05, 0.1) is 16.8 Å². The Morgan fingerprint density at radius 3 is 2.70 bits per heavy atom. The number of carbonyl (C=O) groups excluding carboxylic acids is 1. The molecule has 0 aliphatic rings. The Labute approximate surface area is 156 Å². The molecule has 3 heterocycles. The molecule has 0 bridgehead atoms. The van der Waals surface area contributed by atoms with Crippen molar-refractivity contribution in [3.8, 4) is 11.3 Å². The van der Waals surface area contributed by atoms with Crippen LogP contribution in [0.5, 0.6) is 0 Å². The Balaban J connectivity index is 1.76. The smallest absolute Gasteiger partial charge is 0.257 e. The highest BCUT2D eigenvalue weighted by atomic mass is 16.1. The van der Waals surface area contributed by atoms with Gasteiger partial charge in [-0.25, -0.2) is 4.98 Å². The van der Waals surface area contributed by atoms with E-state index in [0.717, 1.165) is 22.2 Å². The summed E-state index contributed by atoms with van der Waals surface area (Å²) in [5.74, 6) is 0.593. The summed E-state index contributed by atoms with van der Waals surface area (Å²) < 4.78 is 0. The van der Waals surface area contributed by atoms with Crippen LogP contribution in [0, 0.1) is 0 Å². The molecular weight excluding hydrogens is 338 g/mol. The second-order valence-electron chi connectivity index (χ2n) is 6.63. The van der Waals surface area contributed by atoms with Gasteiger partial charge in [-0.2, -0.15) is 5.10 Å². The van der Waals surface area contributed by atoms with E-state index >= 15 is 0 Å². The lowest BCUT2D eigenvalue weighted by Gasteiger charge is -2.09. The minimum atomic E-state index is -0.222. The van der Waals surface area contributed by atoms with Crippen LogP contribution in [0.1, 0.15) is 35.8 Å². The van der Waals surface area contributed by atoms with Crippen LogP contribution in [-0.2, 0) is 0 Å². The van der Waals surface area contributed by atoms with Crippen LogP contribution >= 0.6 is 0 Å². The van der Waals surface area contributed by atoms with E-state index in [-0.39, 0.29) is 5.91 Å². The lowest BCUT2D eigenvalue weighted by atomic mass is 10.0. The van der Waals surface area contributed by atoms with Gasteiger partial charge in [-0.3, -0.25) is 14.9 Å². The highest BCUT2D eigenvalue weighted by molar-refractivity contribution is 6.12. The van der Waals surface area contributed by atoms with Crippen molar-refractivity contribution < 1.29 is 4.79 Å². The first-order valence-corrected chi connectivity index (χ1v) is 8.78. The Morgan fingerprint density at radius 2 is 1.96 bits per heavy atom. The van der Waals surface area contributed by atoms with Crippen molar-refractivity contribution in [3.63, 3.8) is 0 Å². The van der Waals surface area contributed by atoms with Crippen molar-refractivity contribution in [3.05, 3.63) is 72.2 Å². The molecule has 1 amide bonds. The van der Waals surface area contributed by atoms with Crippen LogP contribution in [0.15, 0.2) is 60.9 Å². The molecule has 6 heteroatoms. The molecule has 3 aromatic heterocycles. The monoisotopic (exact) mass is 357 g/mol. The Hall–Kier alpha value is -3.54. The summed E-state index contributed by atoms with van der Waals surface area (Å²) in [5, 5.41) is 10.8. The molecule has 1 aromatic carbocycles. The minimum absolute atomic E-state index is 0.222. The highest BCUT2D eigenvalue weighted by Gasteiger charge is 2.15. The third-order valence-corrected chi connectivity index (χ3v) is 4.38. The molecule has 0 radical (unpaired) electrons. The SMILES string of the molecule is CC(C)c1cc(NC(=O)c2cc(-c3cccnc3)nc3ccccc23)n[nH]1. The van der Waals surface area contributed by atoms with Crippen molar-refractivity contribution in [2.45, 2.75) is 19.8 Å². The maximum Gasteiger partial charge on any atom is 0.257 e. The zero-order valence-electron chi connectivity index (χ0n) is 15.1. The molecule has 0 saturated heterocycles. The van der Waals surface area contributed by atoms with Crippen LogP contribution in [0.2, 0.25) is 0 Å². The summed E-state index contributed by atoms with van der Waals surface area (Å²) >= 11 is 0. The number of hydrogen-bond acceptors (Lipinski definition) is 4. The average Bonchev–Trinajstić information content (AvgIpc) is 3.16. The van der Waals surface area contributed by atoms with E-state index in [1.807, 2.05) is 42.5 Å². The number of fused-ring (bicyclic) bond motifs is 1. The third kappa shape index (κ3) is 3.42. The predicted octanol–water partition coefficient (Wildman–Crippen LogP) is 4.40. The number of nitrogens with one attached hydrogen (secondary N) is 2. The molecule has 6 nitrogen and oxygen atoms in total. The van der Waals surface area contributed by atoms with Gasteiger partial charge in [0.2, 0.25) is 0 Å². The number of carbonyl (C=O) groups is 1. The number of rotatable bonds is 4. The molecule has 2 N–H and O–H groups in total. The van der Waals surface area contributed by atoms with Crippen LogP contribution in [-0.4, -0.2) is 26.1 Å². The molecule has 27 heavy (non-hydrogen) atoms. The standard InChI is InChI=1S/C21H19N5O/c1-13(2)18-11-20(26-25-18)24-21(27)16-10-19(14-6-5-9-22-12-14)23-17-8-4-3-7-15(16)17/h3-13H,1-2H3,(H2,24,25,26,27). The molecule has 4 aromatic rings. The molecule has 0 spiro atoms. The van der Waals surface area contributed by atoms with Gasteiger partial charge in [0.25, 0.3) is 5.91 Å². The molecule has 4 rings (SSSR count). The van der Waals surface area contributed by atoms with Gasteiger partial charge in [0, 0.05) is 35.1 Å². The Kier molecular flexibility index (Phi) is 4.38. The third-order valence-electron chi connectivity index (χ3n) is 4.38. The molecule has 134 valence electrons. The molecule has 0 fully saturated rings. The Morgan fingerprint density at radius 1 is 1.11 bits per heavy atom. The maximum absolute atomic E-state index is 13.0. The largest absolute Gasteiger partial charge is 0.305 e. The van der Waals surface area contributed by atoms with E-state index < -0.39 is 0 Å². The van der Waals surface area contributed by atoms with E-state index in [1.54, 1.807) is 18.5 Å². The quantitative estimate of drug-likeness (QED) is 0.567. The number of H-pyrrole nitrogens is 1. The molecule has 0 saturated carbocycles. The summed E-state index contributed by atoms with van der Waals surface area (Å²) in [6.07, 6.45) is 3.45. The molecular formula is C21H19N5O. The van der Waals surface area contributed by atoms with Crippen LogP contribution in [0.25, 0.3) is 22.2 Å². The number of amides is 1. The number of pyridine rings is 2. The minimum Gasteiger partial charge on any atom is -0.305 e. The van der Waals surface area contributed by atoms with E-state index in [9.17, 15) is 4.79 Å². The van der Waals surface area contributed by atoms with Gasteiger partial charge < -0.3 is 5.32 Å². The first-order valence-electron chi connectivity index (χ1n) is 8.78. The van der Waals surface area contributed by atoms with Gasteiger partial charge in [-0.1, -0.05) is 32.0 Å². The number of para-hydroxylation sites is 1. The number of nitrogens with zero attached hydrogens (tertiary/aromatic N) is 3. The van der Waals surface area contributed by atoms with Gasteiger partial charge >= 0.3 is 0 Å². The van der Waals surface area contributed by atoms with Gasteiger partial charge in [-0.15, -0.1) is 0 Å². The average molecular weight is 357 g/mol. The molecule has 0 aliphatic carbocycles. The summed E-state index contributed by atoms with van der Waals surface area (Å²) in [5.41, 5.74) is 3.85. The van der Waals surface area contributed by atoms with E-state index in [2.05, 4.69) is 39.3 Å². The fourth-order valence-electron chi connectivity index (χ4n) is 2.91. The second-order valence-corrected chi connectivity index (χ2v) is 6.63. The van der Waals surface area contributed by atoms with Crippen molar-refractivity contribution in [1.82, 2.24) is 20.2 Å². The summed E-state index contributed by atoms with van der Waals surface area (Å²) in [4.78, 5) is 21.8. The molecule has 0 atom stereocenters. The number of anilines is 1. The number of hydrogen-bond donors (Lipinski definition) is 2. The normalized spacial score (nSPS) is 11.1. The Bertz CT molecular complexity index is 1100. The van der Waals surface area contributed by atoms with Crippen LogP contribution in [0.4, 0.5) is 5.82 Å². The van der Waals surface area contributed by atoms with Crippen molar-refractivity contribution in [2.24, 2.45) is 0 Å². The number of aromatic amines is 1. The van der Waals surface area contributed by atoms with E-state index in [0.29, 0.717) is 23.0 Å². The fourth-order valence-corrected chi connectivity index (χ4v) is 2.91. The zero-order chi connectivity index (χ0) is 18.8. The summed E-state index contributed by atoms with van der Waals surface area (Å²) in [6.45, 7) is 4.13. The van der Waals surface area contributed by atoms with Gasteiger partial charge in [-0.05, 0) is 30.2 Å². The lowest BCUT2D eigenvalue weighted by Crippen LogP contribution is -2.13. The molecule has 0 unspecified atom stereocenters. The second kappa shape index (κ2) is 6.99. The van der Waals surface area contributed by atoms with Gasteiger partial charge in [0.1, 0.15) is 0 Å². The highest BCUT2D eigenvalue weighted by Crippen LogP contribution is 2.25. The zero-order valence-corrected chi connectivity index (χ0v) is 15.1. The predicted molar refractivity (Wildman–Crippen MR) is 106 cm³/mol. The topological polar surface area (TPSA) is 83.6 Å². The van der Waals surface area contributed by atoms with Crippen LogP contribution in [0.3, 0.4) is 0 Å². The summed E-state index contributed by atoms with van der Waals surface area (Å²) in [7, 11) is 0. The van der Waals surface area contributed by atoms with E-state index in [1.165, 1.54) is 0 Å². The lowest BCUT2D eigenvalue weighted by molar-refractivity contribution is 0.102. The van der Waals surface area contributed by atoms with Crippen molar-refractivity contribution >= 4 is 22.6 Å². The van der Waals surface area contributed by atoms with E-state index in [4.69, 9.17) is 0 Å². The first-order chi connectivity index (χ1) is 13.1. The van der Waals surface area contributed by atoms with Crippen molar-refractivity contribution in [1.29, 1.82) is 0 Å². The first kappa shape index (κ1) is 16.9.